The zero-order chi connectivity index (χ0) is 15.4. The van der Waals surface area contributed by atoms with Gasteiger partial charge < -0.3 is 10.1 Å². The van der Waals surface area contributed by atoms with Crippen LogP contribution in [-0.4, -0.2) is 6.04 Å². The van der Waals surface area contributed by atoms with Gasteiger partial charge in [0.05, 0.1) is 0 Å². The van der Waals surface area contributed by atoms with Gasteiger partial charge >= 0.3 is 0 Å². The Morgan fingerprint density at radius 3 is 2.67 bits per heavy atom. The second-order valence-corrected chi connectivity index (χ2v) is 6.13. The second kappa shape index (κ2) is 7.05. The van der Waals surface area contributed by atoms with E-state index in [0.29, 0.717) is 18.3 Å². The van der Waals surface area contributed by atoms with Crippen LogP contribution in [-0.2, 0) is 6.54 Å². The van der Waals surface area contributed by atoms with Gasteiger partial charge in [0.1, 0.15) is 5.75 Å². The average Bonchev–Trinajstić information content (AvgIpc) is 2.43. The van der Waals surface area contributed by atoms with E-state index in [1.54, 1.807) is 6.07 Å². The van der Waals surface area contributed by atoms with Crippen LogP contribution in [0.15, 0.2) is 40.9 Å². The van der Waals surface area contributed by atoms with Crippen molar-refractivity contribution in [1.29, 1.82) is 0 Å². The lowest BCUT2D eigenvalue weighted by Crippen LogP contribution is -2.22. The molecule has 4 heteroatoms. The molecule has 0 aromatic heterocycles. The molecule has 0 amide bonds. The SMILES string of the molecule is Cc1cc(Oc2c(F)cccc2CNC(C)C)ccc1Br. The molecule has 0 heterocycles. The molecule has 0 fully saturated rings. The minimum Gasteiger partial charge on any atom is -0.454 e. The molecule has 0 radical (unpaired) electrons. The normalized spacial score (nSPS) is 11.0. The van der Waals surface area contributed by atoms with Crippen LogP contribution in [0, 0.1) is 12.7 Å². The molecule has 0 saturated carbocycles. The van der Waals surface area contributed by atoms with Gasteiger partial charge in [-0.25, -0.2) is 4.39 Å². The van der Waals surface area contributed by atoms with Gasteiger partial charge in [-0.3, -0.25) is 0 Å². The summed E-state index contributed by atoms with van der Waals surface area (Å²) in [5.41, 5.74) is 1.86. The van der Waals surface area contributed by atoms with Crippen LogP contribution in [0.2, 0.25) is 0 Å². The number of rotatable bonds is 5. The van der Waals surface area contributed by atoms with Gasteiger partial charge in [0.25, 0.3) is 0 Å². The topological polar surface area (TPSA) is 21.3 Å². The van der Waals surface area contributed by atoms with E-state index in [2.05, 4.69) is 35.1 Å². The molecule has 2 nitrogen and oxygen atoms in total. The highest BCUT2D eigenvalue weighted by atomic mass is 79.9. The number of nitrogens with one attached hydrogen (secondary N) is 1. The fourth-order valence-electron chi connectivity index (χ4n) is 1.92. The lowest BCUT2D eigenvalue weighted by atomic mass is 10.1. The van der Waals surface area contributed by atoms with Crippen LogP contribution >= 0.6 is 15.9 Å². The number of halogens is 2. The summed E-state index contributed by atoms with van der Waals surface area (Å²) in [6.45, 7) is 6.65. The van der Waals surface area contributed by atoms with Gasteiger partial charge in [0.15, 0.2) is 11.6 Å². The van der Waals surface area contributed by atoms with Crippen molar-refractivity contribution in [2.24, 2.45) is 0 Å². The molecule has 0 atom stereocenters. The van der Waals surface area contributed by atoms with Crippen LogP contribution in [0.4, 0.5) is 4.39 Å². The van der Waals surface area contributed by atoms with Gasteiger partial charge in [-0.15, -0.1) is 0 Å². The Kier molecular flexibility index (Phi) is 5.37. The summed E-state index contributed by atoms with van der Waals surface area (Å²) in [4.78, 5) is 0. The minimum atomic E-state index is -0.348. The maximum Gasteiger partial charge on any atom is 0.167 e. The highest BCUT2D eigenvalue weighted by Gasteiger charge is 2.12. The number of ether oxygens (including phenoxy) is 1. The third kappa shape index (κ3) is 4.29. The Bertz CT molecular complexity index is 628. The molecule has 2 rings (SSSR count). The number of benzene rings is 2. The summed E-state index contributed by atoms with van der Waals surface area (Å²) in [5, 5.41) is 3.28. The van der Waals surface area contributed by atoms with Crippen LogP contribution < -0.4 is 10.1 Å². The Morgan fingerprint density at radius 1 is 1.24 bits per heavy atom. The lowest BCUT2D eigenvalue weighted by Gasteiger charge is -2.14. The Balaban J connectivity index is 2.27. The summed E-state index contributed by atoms with van der Waals surface area (Å²) in [7, 11) is 0. The molecule has 1 N–H and O–H groups in total. The van der Waals surface area contributed by atoms with Crippen LogP contribution in [0.3, 0.4) is 0 Å². The second-order valence-electron chi connectivity index (χ2n) is 5.28. The van der Waals surface area contributed by atoms with Crippen molar-refractivity contribution in [2.45, 2.75) is 33.4 Å². The maximum absolute atomic E-state index is 14.1. The first-order valence-corrected chi connectivity index (χ1v) is 7.71. The minimum absolute atomic E-state index is 0.285. The molecule has 0 aliphatic heterocycles. The first-order chi connectivity index (χ1) is 9.97. The molecule has 112 valence electrons. The van der Waals surface area contributed by atoms with Crippen molar-refractivity contribution < 1.29 is 9.13 Å². The van der Waals surface area contributed by atoms with Gasteiger partial charge in [-0.2, -0.15) is 0 Å². The van der Waals surface area contributed by atoms with Gasteiger partial charge in [0.2, 0.25) is 0 Å². The molecule has 2 aromatic rings. The van der Waals surface area contributed by atoms with E-state index in [1.807, 2.05) is 31.2 Å². The highest BCUT2D eigenvalue weighted by molar-refractivity contribution is 9.10. The molecule has 0 spiro atoms. The smallest absolute Gasteiger partial charge is 0.167 e. The first kappa shape index (κ1) is 16.0. The predicted octanol–water partition coefficient (Wildman–Crippen LogP) is 5.19. The summed E-state index contributed by atoms with van der Waals surface area (Å²) < 4.78 is 20.9. The predicted molar refractivity (Wildman–Crippen MR) is 87.3 cm³/mol. The Hall–Kier alpha value is -1.39. The summed E-state index contributed by atoms with van der Waals surface area (Å²) in [5.74, 6) is 0.567. The number of aryl methyl sites for hydroxylation is 1. The van der Waals surface area contributed by atoms with E-state index < -0.39 is 0 Å². The van der Waals surface area contributed by atoms with Crippen molar-refractivity contribution in [3.8, 4) is 11.5 Å². The summed E-state index contributed by atoms with van der Waals surface area (Å²) in [6.07, 6.45) is 0. The number of hydrogen-bond acceptors (Lipinski definition) is 2. The van der Waals surface area contributed by atoms with E-state index in [-0.39, 0.29) is 11.6 Å². The first-order valence-electron chi connectivity index (χ1n) is 6.92. The van der Waals surface area contributed by atoms with E-state index in [0.717, 1.165) is 15.6 Å². The molecule has 0 saturated heterocycles. The zero-order valence-electron chi connectivity index (χ0n) is 12.4. The van der Waals surface area contributed by atoms with Crippen molar-refractivity contribution in [3.05, 3.63) is 57.8 Å². The number of para-hydroxylation sites is 1. The van der Waals surface area contributed by atoms with Crippen LogP contribution in [0.25, 0.3) is 0 Å². The molecule has 2 aromatic carbocycles. The monoisotopic (exact) mass is 351 g/mol. The summed E-state index contributed by atoms with van der Waals surface area (Å²) in [6, 6.07) is 10.9. The van der Waals surface area contributed by atoms with Crippen molar-refractivity contribution in [1.82, 2.24) is 5.32 Å². The molecule has 0 bridgehead atoms. The molecular formula is C17H19BrFNO. The van der Waals surface area contributed by atoms with Crippen LogP contribution in [0.1, 0.15) is 25.0 Å². The van der Waals surface area contributed by atoms with Crippen molar-refractivity contribution >= 4 is 15.9 Å². The zero-order valence-corrected chi connectivity index (χ0v) is 14.0. The van der Waals surface area contributed by atoms with Gasteiger partial charge in [-0.1, -0.05) is 41.9 Å². The molecule has 0 unspecified atom stereocenters. The van der Waals surface area contributed by atoms with Gasteiger partial charge in [-0.05, 0) is 36.8 Å². The van der Waals surface area contributed by atoms with E-state index >= 15 is 0 Å². The molecule has 0 aliphatic rings. The molecule has 0 aliphatic carbocycles. The lowest BCUT2D eigenvalue weighted by molar-refractivity contribution is 0.431. The molecular weight excluding hydrogens is 333 g/mol. The Labute approximate surface area is 133 Å². The third-order valence-corrected chi connectivity index (χ3v) is 3.99. The van der Waals surface area contributed by atoms with Gasteiger partial charge in [0, 0.05) is 22.6 Å². The van der Waals surface area contributed by atoms with Crippen molar-refractivity contribution in [2.75, 3.05) is 0 Å². The largest absolute Gasteiger partial charge is 0.454 e. The molecule has 21 heavy (non-hydrogen) atoms. The fourth-order valence-corrected chi connectivity index (χ4v) is 2.17. The summed E-state index contributed by atoms with van der Waals surface area (Å²) >= 11 is 3.44. The van der Waals surface area contributed by atoms with Crippen LogP contribution in [0.5, 0.6) is 11.5 Å². The standard InChI is InChI=1S/C17H19BrFNO/c1-11(2)20-10-13-5-4-6-16(19)17(13)21-14-7-8-15(18)12(3)9-14/h4-9,11,20H,10H2,1-3H3. The van der Waals surface area contributed by atoms with E-state index in [1.165, 1.54) is 6.07 Å². The quantitative estimate of drug-likeness (QED) is 0.800. The fraction of sp³-hybridized carbons (Fsp3) is 0.294. The highest BCUT2D eigenvalue weighted by Crippen LogP contribution is 2.30. The average molecular weight is 352 g/mol. The van der Waals surface area contributed by atoms with E-state index in [4.69, 9.17) is 4.74 Å². The third-order valence-electron chi connectivity index (χ3n) is 3.10. The Morgan fingerprint density at radius 2 is 2.00 bits per heavy atom. The van der Waals surface area contributed by atoms with Crippen molar-refractivity contribution in [3.63, 3.8) is 0 Å². The maximum atomic E-state index is 14.1. The number of hydrogen-bond donors (Lipinski definition) is 1. The van der Waals surface area contributed by atoms with E-state index in [9.17, 15) is 4.39 Å².